The van der Waals surface area contributed by atoms with E-state index in [9.17, 15) is 9.90 Å². The van der Waals surface area contributed by atoms with E-state index in [1.807, 2.05) is 42.5 Å². The molecule has 0 fully saturated rings. The molecule has 6 heteroatoms. The van der Waals surface area contributed by atoms with E-state index >= 15 is 0 Å². The summed E-state index contributed by atoms with van der Waals surface area (Å²) in [6.45, 7) is 3.04. The summed E-state index contributed by atoms with van der Waals surface area (Å²) in [5.41, 5.74) is 3.42. The number of rotatable bonds is 10. The first-order valence-corrected chi connectivity index (χ1v) is 12.6. The van der Waals surface area contributed by atoms with Crippen LogP contribution in [0.4, 0.5) is 0 Å². The summed E-state index contributed by atoms with van der Waals surface area (Å²) < 4.78 is 3.27. The molecule has 3 N–H and O–H groups in total. The number of carbonyl (C=O) groups excluding carboxylic acids is 1. The standard InChI is InChI=1S/C23H31N2O2PS/c1-16(15-24-29-28)13-19(12-11-17-7-3-2-4-8-17)23(27)25-22-20-10-6-5-9-18(20)14-21(22)26/h2-10,16,19,21-22,24,26H,11-15,28H2,1H3,(H,25,27). The fourth-order valence-corrected chi connectivity index (χ4v) is 4.79. The van der Waals surface area contributed by atoms with Gasteiger partial charge in [-0.3, -0.25) is 9.52 Å². The lowest BCUT2D eigenvalue weighted by molar-refractivity contribution is -0.127. The molecular formula is C23H31N2O2PS. The van der Waals surface area contributed by atoms with E-state index in [0.29, 0.717) is 12.3 Å². The van der Waals surface area contributed by atoms with Gasteiger partial charge in [-0.05, 0) is 41.9 Å². The Bertz CT molecular complexity index is 789. The summed E-state index contributed by atoms with van der Waals surface area (Å²) in [7, 11) is 2.59. The minimum absolute atomic E-state index is 0.0482. The fraction of sp³-hybridized carbons (Fsp3) is 0.435. The highest BCUT2D eigenvalue weighted by Crippen LogP contribution is 2.32. The third kappa shape index (κ3) is 6.29. The molecule has 0 aliphatic heterocycles. The van der Waals surface area contributed by atoms with Crippen molar-refractivity contribution in [3.8, 4) is 0 Å². The van der Waals surface area contributed by atoms with Gasteiger partial charge in [0.2, 0.25) is 5.91 Å². The molecule has 1 amide bonds. The molecule has 29 heavy (non-hydrogen) atoms. The predicted molar refractivity (Wildman–Crippen MR) is 124 cm³/mol. The Balaban J connectivity index is 1.67. The van der Waals surface area contributed by atoms with Crippen LogP contribution in [0.5, 0.6) is 0 Å². The molecule has 0 saturated carbocycles. The van der Waals surface area contributed by atoms with Crippen LogP contribution in [0.1, 0.15) is 42.5 Å². The van der Waals surface area contributed by atoms with Gasteiger partial charge in [-0.25, -0.2) is 0 Å². The highest BCUT2D eigenvalue weighted by atomic mass is 32.7. The number of nitrogens with one attached hydrogen (secondary N) is 2. The van der Waals surface area contributed by atoms with Gasteiger partial charge in [-0.15, -0.1) is 0 Å². The van der Waals surface area contributed by atoms with Gasteiger partial charge in [-0.2, -0.15) is 0 Å². The second-order valence-electron chi connectivity index (χ2n) is 7.98. The van der Waals surface area contributed by atoms with E-state index < -0.39 is 6.10 Å². The lowest BCUT2D eigenvalue weighted by Gasteiger charge is -2.25. The maximum atomic E-state index is 13.2. The molecule has 4 nitrogen and oxygen atoms in total. The Labute approximate surface area is 180 Å². The summed E-state index contributed by atoms with van der Waals surface area (Å²) in [4.78, 5) is 13.2. The molecule has 5 unspecified atom stereocenters. The number of hydrogen-bond acceptors (Lipinski definition) is 4. The molecule has 0 saturated heterocycles. The first kappa shape index (κ1) is 22.3. The van der Waals surface area contributed by atoms with Crippen LogP contribution in [0, 0.1) is 11.8 Å². The minimum Gasteiger partial charge on any atom is -0.390 e. The maximum absolute atomic E-state index is 13.2. The lowest BCUT2D eigenvalue weighted by atomic mass is 9.89. The van der Waals surface area contributed by atoms with Gasteiger partial charge in [0.15, 0.2) is 0 Å². The van der Waals surface area contributed by atoms with Crippen molar-refractivity contribution in [3.05, 3.63) is 71.3 Å². The Morgan fingerprint density at radius 3 is 2.69 bits per heavy atom. The largest absolute Gasteiger partial charge is 0.390 e. The molecule has 0 bridgehead atoms. The van der Waals surface area contributed by atoms with Crippen molar-refractivity contribution in [1.29, 1.82) is 0 Å². The summed E-state index contributed by atoms with van der Waals surface area (Å²) in [6, 6.07) is 18.0. The highest BCUT2D eigenvalue weighted by Gasteiger charge is 2.33. The van der Waals surface area contributed by atoms with Gasteiger partial charge in [0.1, 0.15) is 0 Å². The lowest BCUT2D eigenvalue weighted by Crippen LogP contribution is -2.39. The molecule has 1 aliphatic carbocycles. The molecule has 1 aliphatic rings. The normalized spacial score (nSPS) is 20.1. The zero-order valence-corrected chi connectivity index (χ0v) is 18.9. The average Bonchev–Trinajstić information content (AvgIpc) is 3.05. The summed E-state index contributed by atoms with van der Waals surface area (Å²) >= 11 is 1.53. The number of benzene rings is 2. The van der Waals surface area contributed by atoms with Crippen molar-refractivity contribution in [2.24, 2.45) is 11.8 Å². The van der Waals surface area contributed by atoms with Crippen LogP contribution >= 0.6 is 20.0 Å². The quantitative estimate of drug-likeness (QED) is 0.393. The first-order chi connectivity index (χ1) is 14.1. The van der Waals surface area contributed by atoms with Crippen LogP contribution in [0.2, 0.25) is 0 Å². The van der Waals surface area contributed by atoms with Crippen LogP contribution in [0.3, 0.4) is 0 Å². The maximum Gasteiger partial charge on any atom is 0.223 e. The Hall–Kier alpha value is -1.39. The van der Waals surface area contributed by atoms with Gasteiger partial charge in [0.05, 0.1) is 12.1 Å². The van der Waals surface area contributed by atoms with Gasteiger partial charge >= 0.3 is 0 Å². The number of hydrogen-bond donors (Lipinski definition) is 3. The molecule has 2 aromatic carbocycles. The van der Waals surface area contributed by atoms with Crippen molar-refractivity contribution in [2.75, 3.05) is 6.54 Å². The summed E-state index contributed by atoms with van der Waals surface area (Å²) in [5.74, 6) is 0.351. The minimum atomic E-state index is -0.557. The van der Waals surface area contributed by atoms with Crippen LogP contribution in [-0.2, 0) is 17.6 Å². The van der Waals surface area contributed by atoms with E-state index in [-0.39, 0.29) is 17.9 Å². The zero-order valence-electron chi connectivity index (χ0n) is 16.9. The van der Waals surface area contributed by atoms with Crippen LogP contribution in [0.25, 0.3) is 0 Å². The van der Waals surface area contributed by atoms with Crippen molar-refractivity contribution in [2.45, 2.75) is 44.8 Å². The van der Waals surface area contributed by atoms with E-state index in [2.05, 4.69) is 37.5 Å². The summed E-state index contributed by atoms with van der Waals surface area (Å²) in [5, 5.41) is 13.7. The number of aliphatic hydroxyl groups excluding tert-OH is 1. The Morgan fingerprint density at radius 1 is 1.21 bits per heavy atom. The summed E-state index contributed by atoms with van der Waals surface area (Å²) in [6.07, 6.45) is 2.54. The van der Waals surface area contributed by atoms with Crippen LogP contribution < -0.4 is 10.0 Å². The van der Waals surface area contributed by atoms with E-state index in [4.69, 9.17) is 0 Å². The van der Waals surface area contributed by atoms with Crippen molar-refractivity contribution in [1.82, 2.24) is 10.0 Å². The first-order valence-electron chi connectivity index (χ1n) is 10.3. The monoisotopic (exact) mass is 430 g/mol. The molecule has 0 spiro atoms. The number of amides is 1. The topological polar surface area (TPSA) is 61.4 Å². The van der Waals surface area contributed by atoms with E-state index in [1.54, 1.807) is 0 Å². The van der Waals surface area contributed by atoms with Crippen molar-refractivity contribution >= 4 is 25.9 Å². The zero-order chi connectivity index (χ0) is 20.6. The number of carbonyl (C=O) groups is 1. The van der Waals surface area contributed by atoms with Gasteiger partial charge in [-0.1, -0.05) is 81.5 Å². The number of aliphatic hydroxyl groups is 1. The average molecular weight is 431 g/mol. The fourth-order valence-electron chi connectivity index (χ4n) is 4.12. The second kappa shape index (κ2) is 11.1. The van der Waals surface area contributed by atoms with Gasteiger partial charge in [0, 0.05) is 18.9 Å². The second-order valence-corrected chi connectivity index (χ2v) is 9.22. The number of aryl methyl sites for hydroxylation is 1. The molecule has 0 aromatic heterocycles. The molecular weight excluding hydrogens is 399 g/mol. The van der Waals surface area contributed by atoms with E-state index in [0.717, 1.165) is 36.9 Å². The molecule has 0 heterocycles. The number of fused-ring (bicyclic) bond motifs is 1. The molecule has 2 aromatic rings. The predicted octanol–water partition coefficient (Wildman–Crippen LogP) is 4.06. The molecule has 0 radical (unpaired) electrons. The molecule has 5 atom stereocenters. The molecule has 3 rings (SSSR count). The third-order valence-corrected chi connectivity index (χ3v) is 6.53. The van der Waals surface area contributed by atoms with Crippen molar-refractivity contribution < 1.29 is 9.90 Å². The van der Waals surface area contributed by atoms with Crippen LogP contribution in [0.15, 0.2) is 54.6 Å². The highest BCUT2D eigenvalue weighted by molar-refractivity contribution is 8.42. The third-order valence-electron chi connectivity index (χ3n) is 5.70. The van der Waals surface area contributed by atoms with E-state index in [1.165, 1.54) is 17.1 Å². The van der Waals surface area contributed by atoms with Gasteiger partial charge < -0.3 is 10.4 Å². The smallest absolute Gasteiger partial charge is 0.223 e. The van der Waals surface area contributed by atoms with Crippen LogP contribution in [-0.4, -0.2) is 23.7 Å². The Morgan fingerprint density at radius 2 is 1.93 bits per heavy atom. The van der Waals surface area contributed by atoms with Gasteiger partial charge in [0.25, 0.3) is 0 Å². The molecule has 156 valence electrons. The van der Waals surface area contributed by atoms with Crippen molar-refractivity contribution in [3.63, 3.8) is 0 Å². The Kier molecular flexibility index (Phi) is 8.55. The SMILES string of the molecule is CC(CNSP)CC(CCc1ccccc1)C(=O)NC1c2ccccc2CC1O.